The van der Waals surface area contributed by atoms with E-state index in [9.17, 15) is 14.0 Å². The van der Waals surface area contributed by atoms with Gasteiger partial charge in [-0.3, -0.25) is 14.5 Å². The highest BCUT2D eigenvalue weighted by Crippen LogP contribution is 2.27. The molecular weight excluding hydrogens is 392 g/mol. The Morgan fingerprint density at radius 1 is 1.11 bits per heavy atom. The fourth-order valence-corrected chi connectivity index (χ4v) is 3.38. The van der Waals surface area contributed by atoms with Crippen molar-refractivity contribution in [2.45, 2.75) is 18.9 Å². The molecule has 2 N–H and O–H groups in total. The van der Waals surface area contributed by atoms with E-state index < -0.39 is 6.04 Å². The topological polar surface area (TPSA) is 61.4 Å². The molecule has 1 fully saturated rings. The minimum absolute atomic E-state index is 0.0682. The molecule has 1 heterocycles. The number of benzene rings is 2. The summed E-state index contributed by atoms with van der Waals surface area (Å²) in [6, 6.07) is 9.93. The molecule has 27 heavy (non-hydrogen) atoms. The zero-order valence-corrected chi connectivity index (χ0v) is 15.9. The molecule has 1 saturated heterocycles. The van der Waals surface area contributed by atoms with Crippen LogP contribution in [0.25, 0.3) is 0 Å². The summed E-state index contributed by atoms with van der Waals surface area (Å²) < 4.78 is 12.9. The number of carbonyl (C=O) groups excluding carboxylic acids is 2. The summed E-state index contributed by atoms with van der Waals surface area (Å²) in [5, 5.41) is 6.35. The average molecular weight is 410 g/mol. The van der Waals surface area contributed by atoms with Crippen molar-refractivity contribution in [2.24, 2.45) is 0 Å². The lowest BCUT2D eigenvalue weighted by atomic mass is 10.2. The van der Waals surface area contributed by atoms with E-state index in [-0.39, 0.29) is 24.2 Å². The molecule has 2 aromatic rings. The second kappa shape index (κ2) is 8.69. The Labute approximate surface area is 166 Å². The minimum atomic E-state index is -0.431. The van der Waals surface area contributed by atoms with E-state index in [0.29, 0.717) is 34.4 Å². The van der Waals surface area contributed by atoms with Gasteiger partial charge in [-0.15, -0.1) is 0 Å². The molecule has 0 spiro atoms. The largest absolute Gasteiger partial charge is 0.325 e. The van der Waals surface area contributed by atoms with Crippen molar-refractivity contribution in [3.8, 4) is 0 Å². The smallest absolute Gasteiger partial charge is 0.241 e. The highest BCUT2D eigenvalue weighted by Gasteiger charge is 2.32. The number of hydrogen-bond donors (Lipinski definition) is 2. The Kier molecular flexibility index (Phi) is 6.31. The first kappa shape index (κ1) is 19.6. The fraction of sp³-hybridized carbons (Fsp3) is 0.263. The lowest BCUT2D eigenvalue weighted by Gasteiger charge is -2.23. The molecule has 8 heteroatoms. The van der Waals surface area contributed by atoms with E-state index in [1.165, 1.54) is 24.3 Å². The number of nitrogens with zero attached hydrogens (tertiary/aromatic N) is 1. The maximum atomic E-state index is 12.9. The second-order valence-electron chi connectivity index (χ2n) is 6.30. The van der Waals surface area contributed by atoms with Crippen LogP contribution in [0.4, 0.5) is 15.8 Å². The quantitative estimate of drug-likeness (QED) is 0.778. The molecule has 0 bridgehead atoms. The monoisotopic (exact) mass is 409 g/mol. The Bertz CT molecular complexity index is 845. The molecule has 0 unspecified atom stereocenters. The van der Waals surface area contributed by atoms with Gasteiger partial charge in [-0.2, -0.15) is 0 Å². The van der Waals surface area contributed by atoms with Crippen molar-refractivity contribution in [1.82, 2.24) is 4.90 Å². The van der Waals surface area contributed by atoms with Crippen LogP contribution in [0.15, 0.2) is 42.5 Å². The third-order valence-electron chi connectivity index (χ3n) is 4.33. The maximum Gasteiger partial charge on any atom is 0.241 e. The van der Waals surface area contributed by atoms with Gasteiger partial charge in [0.15, 0.2) is 0 Å². The number of amides is 2. The van der Waals surface area contributed by atoms with Gasteiger partial charge in [0.1, 0.15) is 5.82 Å². The zero-order chi connectivity index (χ0) is 19.4. The summed E-state index contributed by atoms with van der Waals surface area (Å²) in [4.78, 5) is 26.7. The molecule has 0 aromatic heterocycles. The molecule has 0 saturated carbocycles. The maximum absolute atomic E-state index is 12.9. The Hall–Kier alpha value is -2.15. The van der Waals surface area contributed by atoms with Gasteiger partial charge in [0.05, 0.1) is 23.3 Å². The summed E-state index contributed by atoms with van der Waals surface area (Å²) in [5.41, 5.74) is 0.948. The van der Waals surface area contributed by atoms with E-state index in [0.717, 1.165) is 6.42 Å². The molecule has 0 aliphatic carbocycles. The number of likely N-dealkylation sites (tertiary alicyclic amines) is 1. The van der Waals surface area contributed by atoms with E-state index in [1.807, 2.05) is 4.90 Å². The van der Waals surface area contributed by atoms with Crippen molar-refractivity contribution in [1.29, 1.82) is 0 Å². The van der Waals surface area contributed by atoms with Crippen LogP contribution < -0.4 is 10.6 Å². The Balaban J connectivity index is 1.60. The molecule has 5 nitrogen and oxygen atoms in total. The van der Waals surface area contributed by atoms with Gasteiger partial charge >= 0.3 is 0 Å². The lowest BCUT2D eigenvalue weighted by molar-refractivity contribution is -0.122. The third-order valence-corrected chi connectivity index (χ3v) is 4.89. The number of hydrogen-bond acceptors (Lipinski definition) is 3. The lowest BCUT2D eigenvalue weighted by Crippen LogP contribution is -2.43. The first-order valence-corrected chi connectivity index (χ1v) is 9.23. The van der Waals surface area contributed by atoms with Crippen LogP contribution >= 0.6 is 23.2 Å². The van der Waals surface area contributed by atoms with Crippen LogP contribution in [-0.4, -0.2) is 35.8 Å². The van der Waals surface area contributed by atoms with Crippen molar-refractivity contribution >= 4 is 46.4 Å². The standard InChI is InChI=1S/C19H18Cl2FN3O2/c20-12-3-8-15(21)16(10-12)24-19(27)17-2-1-9-25(17)11-18(26)23-14-6-4-13(22)5-7-14/h3-8,10,17H,1-2,9,11H2,(H,23,26)(H,24,27)/t17-/m1/s1. The Morgan fingerprint density at radius 3 is 2.59 bits per heavy atom. The van der Waals surface area contributed by atoms with Crippen molar-refractivity contribution in [2.75, 3.05) is 23.7 Å². The number of carbonyl (C=O) groups is 2. The first-order chi connectivity index (χ1) is 12.9. The molecular formula is C19H18Cl2FN3O2. The van der Waals surface area contributed by atoms with Crippen LogP contribution in [0.3, 0.4) is 0 Å². The van der Waals surface area contributed by atoms with Gasteiger partial charge in [-0.05, 0) is 61.9 Å². The number of halogens is 3. The van der Waals surface area contributed by atoms with Gasteiger partial charge in [-0.25, -0.2) is 4.39 Å². The molecule has 3 rings (SSSR count). The minimum Gasteiger partial charge on any atom is -0.325 e. The van der Waals surface area contributed by atoms with Crippen LogP contribution in [0.2, 0.25) is 10.0 Å². The summed E-state index contributed by atoms with van der Waals surface area (Å²) in [7, 11) is 0. The van der Waals surface area contributed by atoms with E-state index in [2.05, 4.69) is 10.6 Å². The van der Waals surface area contributed by atoms with E-state index >= 15 is 0 Å². The summed E-state index contributed by atoms with van der Waals surface area (Å²) in [6.45, 7) is 0.705. The van der Waals surface area contributed by atoms with Crippen LogP contribution in [0.5, 0.6) is 0 Å². The highest BCUT2D eigenvalue weighted by molar-refractivity contribution is 6.35. The fourth-order valence-electron chi connectivity index (χ4n) is 3.04. The summed E-state index contributed by atoms with van der Waals surface area (Å²) in [5.74, 6) is -0.864. The summed E-state index contributed by atoms with van der Waals surface area (Å²) >= 11 is 12.0. The van der Waals surface area contributed by atoms with Crippen molar-refractivity contribution < 1.29 is 14.0 Å². The second-order valence-corrected chi connectivity index (χ2v) is 7.14. The number of nitrogens with one attached hydrogen (secondary N) is 2. The molecule has 0 radical (unpaired) electrons. The zero-order valence-electron chi connectivity index (χ0n) is 14.3. The molecule has 1 atom stereocenters. The van der Waals surface area contributed by atoms with E-state index in [1.54, 1.807) is 18.2 Å². The SMILES string of the molecule is O=C(CN1CCC[C@@H]1C(=O)Nc1cc(Cl)ccc1Cl)Nc1ccc(F)cc1. The van der Waals surface area contributed by atoms with Crippen molar-refractivity contribution in [3.63, 3.8) is 0 Å². The predicted octanol–water partition coefficient (Wildman–Crippen LogP) is 4.17. The molecule has 2 amide bonds. The average Bonchev–Trinajstić information content (AvgIpc) is 3.08. The van der Waals surface area contributed by atoms with Crippen molar-refractivity contribution in [3.05, 3.63) is 58.3 Å². The molecule has 142 valence electrons. The highest BCUT2D eigenvalue weighted by atomic mass is 35.5. The normalized spacial score (nSPS) is 16.9. The van der Waals surface area contributed by atoms with E-state index in [4.69, 9.17) is 23.2 Å². The molecule has 1 aliphatic heterocycles. The van der Waals surface area contributed by atoms with Crippen LogP contribution in [0, 0.1) is 5.82 Å². The third kappa shape index (κ3) is 5.19. The van der Waals surface area contributed by atoms with Crippen LogP contribution in [0.1, 0.15) is 12.8 Å². The predicted molar refractivity (Wildman–Crippen MR) is 105 cm³/mol. The summed E-state index contributed by atoms with van der Waals surface area (Å²) in [6.07, 6.45) is 1.46. The Morgan fingerprint density at radius 2 is 1.85 bits per heavy atom. The van der Waals surface area contributed by atoms with Gasteiger partial charge in [0.2, 0.25) is 11.8 Å². The number of anilines is 2. The molecule has 2 aromatic carbocycles. The van der Waals surface area contributed by atoms with Gasteiger partial charge in [0.25, 0.3) is 0 Å². The molecule has 1 aliphatic rings. The number of rotatable bonds is 5. The first-order valence-electron chi connectivity index (χ1n) is 8.48. The van der Waals surface area contributed by atoms with Gasteiger partial charge < -0.3 is 10.6 Å². The van der Waals surface area contributed by atoms with Gasteiger partial charge in [-0.1, -0.05) is 23.2 Å². The van der Waals surface area contributed by atoms with Crippen LogP contribution in [-0.2, 0) is 9.59 Å². The van der Waals surface area contributed by atoms with Gasteiger partial charge in [0, 0.05) is 10.7 Å².